The molecule has 1 rings (SSSR count). The normalized spacial score (nSPS) is 14.3. The molecule has 15 heteroatoms. The molecule has 0 saturated heterocycles. The van der Waals surface area contributed by atoms with Crippen LogP contribution in [-0.2, 0) is 35.2 Å². The molecule has 0 aliphatic rings. The summed E-state index contributed by atoms with van der Waals surface area (Å²) in [7, 11) is 0. The van der Waals surface area contributed by atoms with Crippen LogP contribution in [0.4, 0.5) is 0 Å². The minimum Gasteiger partial charge on any atom is -0.481 e. The highest BCUT2D eigenvalue weighted by molar-refractivity contribution is 5.95. The fourth-order valence-corrected chi connectivity index (χ4v) is 2.96. The summed E-state index contributed by atoms with van der Waals surface area (Å²) in [5, 5.41) is 33.9. The molecule has 194 valence electrons. The molecule has 1 aromatic heterocycles. The molecule has 0 fully saturated rings. The lowest BCUT2D eigenvalue weighted by Gasteiger charge is -2.26. The molecule has 0 radical (unpaired) electrons. The van der Waals surface area contributed by atoms with Crippen molar-refractivity contribution in [2.75, 3.05) is 0 Å². The Labute approximate surface area is 199 Å². The van der Waals surface area contributed by atoms with Crippen molar-refractivity contribution in [1.29, 1.82) is 0 Å². The molecule has 0 bridgehead atoms. The van der Waals surface area contributed by atoms with Crippen LogP contribution in [0.2, 0.25) is 0 Å². The number of nitrogens with one attached hydrogen (secondary N) is 4. The van der Waals surface area contributed by atoms with Crippen LogP contribution in [0.25, 0.3) is 0 Å². The van der Waals surface area contributed by atoms with Crippen molar-refractivity contribution in [2.24, 2.45) is 11.7 Å². The topological polar surface area (TPSA) is 254 Å². The Kier molecular flexibility index (Phi) is 11.3. The number of carboxylic acid groups (broad SMARTS) is 3. The van der Waals surface area contributed by atoms with Crippen LogP contribution >= 0.6 is 0 Å². The lowest BCUT2D eigenvalue weighted by molar-refractivity contribution is -0.144. The van der Waals surface area contributed by atoms with Gasteiger partial charge >= 0.3 is 17.9 Å². The molecule has 0 aliphatic carbocycles. The number of imidazole rings is 1. The van der Waals surface area contributed by atoms with Crippen molar-refractivity contribution in [3.8, 4) is 0 Å². The van der Waals surface area contributed by atoms with E-state index in [0.717, 1.165) is 0 Å². The van der Waals surface area contributed by atoms with Gasteiger partial charge in [-0.3, -0.25) is 24.0 Å². The molecule has 3 amide bonds. The second-order valence-corrected chi connectivity index (χ2v) is 8.11. The van der Waals surface area contributed by atoms with Crippen LogP contribution in [0, 0.1) is 5.92 Å². The van der Waals surface area contributed by atoms with E-state index in [2.05, 4.69) is 25.9 Å². The second-order valence-electron chi connectivity index (χ2n) is 8.11. The highest BCUT2D eigenvalue weighted by Crippen LogP contribution is 2.07. The lowest BCUT2D eigenvalue weighted by atomic mass is 10.0. The Morgan fingerprint density at radius 3 is 2.06 bits per heavy atom. The third-order valence-corrected chi connectivity index (χ3v) is 4.85. The number of nitrogens with two attached hydrogens (primary N) is 1. The number of H-pyrrole nitrogens is 1. The number of aromatic amines is 1. The third-order valence-electron chi connectivity index (χ3n) is 4.85. The fraction of sp³-hybridized carbons (Fsp3) is 0.550. The fourth-order valence-electron chi connectivity index (χ4n) is 2.96. The predicted molar refractivity (Wildman–Crippen MR) is 118 cm³/mol. The van der Waals surface area contributed by atoms with Crippen molar-refractivity contribution in [2.45, 2.75) is 63.7 Å². The van der Waals surface area contributed by atoms with Gasteiger partial charge in [0.2, 0.25) is 17.7 Å². The van der Waals surface area contributed by atoms with Crippen molar-refractivity contribution in [3.63, 3.8) is 0 Å². The first-order valence-electron chi connectivity index (χ1n) is 10.6. The molecule has 4 atom stereocenters. The van der Waals surface area contributed by atoms with Gasteiger partial charge in [0.15, 0.2) is 0 Å². The summed E-state index contributed by atoms with van der Waals surface area (Å²) >= 11 is 0. The molecule has 35 heavy (non-hydrogen) atoms. The summed E-state index contributed by atoms with van der Waals surface area (Å²) in [4.78, 5) is 77.8. The molecule has 0 spiro atoms. The molecule has 1 aromatic rings. The van der Waals surface area contributed by atoms with Gasteiger partial charge in [0.25, 0.3) is 0 Å². The number of hydrogen-bond donors (Lipinski definition) is 8. The van der Waals surface area contributed by atoms with E-state index in [-0.39, 0.29) is 12.8 Å². The molecule has 0 saturated carbocycles. The Balaban J connectivity index is 2.91. The van der Waals surface area contributed by atoms with Gasteiger partial charge in [-0.15, -0.1) is 0 Å². The summed E-state index contributed by atoms with van der Waals surface area (Å²) in [5.41, 5.74) is 6.36. The van der Waals surface area contributed by atoms with Crippen LogP contribution in [-0.4, -0.2) is 85.1 Å². The summed E-state index contributed by atoms with van der Waals surface area (Å²) in [6.07, 6.45) is 1.16. The maximum absolute atomic E-state index is 12.8. The first-order chi connectivity index (χ1) is 16.3. The summed E-state index contributed by atoms with van der Waals surface area (Å²) in [5.74, 6) is -7.42. The summed E-state index contributed by atoms with van der Waals surface area (Å²) in [6.45, 7) is 3.09. The van der Waals surface area contributed by atoms with Crippen LogP contribution in [0.15, 0.2) is 12.5 Å². The minimum absolute atomic E-state index is 0.0389. The summed E-state index contributed by atoms with van der Waals surface area (Å²) < 4.78 is 0. The highest BCUT2D eigenvalue weighted by Gasteiger charge is 2.33. The van der Waals surface area contributed by atoms with Crippen molar-refractivity contribution < 1.29 is 44.1 Å². The van der Waals surface area contributed by atoms with Gasteiger partial charge in [0, 0.05) is 24.7 Å². The van der Waals surface area contributed by atoms with E-state index in [9.17, 15) is 33.9 Å². The number of rotatable bonds is 15. The van der Waals surface area contributed by atoms with E-state index in [4.69, 9.17) is 15.9 Å². The van der Waals surface area contributed by atoms with Gasteiger partial charge in [-0.1, -0.05) is 13.8 Å². The van der Waals surface area contributed by atoms with Gasteiger partial charge in [-0.2, -0.15) is 0 Å². The van der Waals surface area contributed by atoms with E-state index < -0.39 is 78.6 Å². The number of aliphatic carboxylic acids is 3. The Morgan fingerprint density at radius 1 is 0.943 bits per heavy atom. The predicted octanol–water partition coefficient (Wildman–Crippen LogP) is -2.19. The Morgan fingerprint density at radius 2 is 1.57 bits per heavy atom. The van der Waals surface area contributed by atoms with Crippen molar-refractivity contribution >= 4 is 35.6 Å². The zero-order chi connectivity index (χ0) is 26.7. The van der Waals surface area contributed by atoms with Gasteiger partial charge in [0.05, 0.1) is 18.8 Å². The van der Waals surface area contributed by atoms with Crippen LogP contribution < -0.4 is 21.7 Å². The van der Waals surface area contributed by atoms with Crippen molar-refractivity contribution in [3.05, 3.63) is 18.2 Å². The minimum atomic E-state index is -1.58. The number of amides is 3. The standard InChI is InChI=1S/C20H30N6O9/c1-9(2)16(19(33)24-12(20(34)35)3-4-14(27)28)26-18(32)13(6-15(29)30)25-17(31)11(21)5-10-7-22-8-23-10/h7-9,11-13,16H,3-6,21H2,1-2H3,(H,22,23)(H,24,33)(H,25,31)(H,26,32)(H,27,28)(H,29,30)(H,34,35). The van der Waals surface area contributed by atoms with Crippen LogP contribution in [0.1, 0.15) is 38.8 Å². The maximum Gasteiger partial charge on any atom is 0.326 e. The lowest BCUT2D eigenvalue weighted by Crippen LogP contribution is -2.59. The van der Waals surface area contributed by atoms with E-state index in [0.29, 0.717) is 5.69 Å². The first kappa shape index (κ1) is 29.0. The average Bonchev–Trinajstić information content (AvgIpc) is 3.26. The van der Waals surface area contributed by atoms with Crippen molar-refractivity contribution in [1.82, 2.24) is 25.9 Å². The molecular formula is C20H30N6O9. The summed E-state index contributed by atoms with van der Waals surface area (Å²) in [6, 6.07) is -5.54. The van der Waals surface area contributed by atoms with Gasteiger partial charge in [-0.05, 0) is 12.3 Å². The molecule has 4 unspecified atom stereocenters. The van der Waals surface area contributed by atoms with Gasteiger partial charge in [0.1, 0.15) is 18.1 Å². The number of nitrogens with zero attached hydrogens (tertiary/aromatic N) is 1. The van der Waals surface area contributed by atoms with E-state index in [1.165, 1.54) is 12.5 Å². The number of carboxylic acids is 3. The Hall–Kier alpha value is -4.01. The quantitative estimate of drug-likeness (QED) is 0.129. The van der Waals surface area contributed by atoms with E-state index >= 15 is 0 Å². The third kappa shape index (κ3) is 10.2. The van der Waals surface area contributed by atoms with E-state index in [1.807, 2.05) is 0 Å². The number of carbonyl (C=O) groups is 6. The van der Waals surface area contributed by atoms with Gasteiger partial charge in [-0.25, -0.2) is 9.78 Å². The average molecular weight is 498 g/mol. The Bertz CT molecular complexity index is 918. The zero-order valence-electron chi connectivity index (χ0n) is 19.2. The monoisotopic (exact) mass is 498 g/mol. The molecule has 15 nitrogen and oxygen atoms in total. The highest BCUT2D eigenvalue weighted by atomic mass is 16.4. The SMILES string of the molecule is CC(C)C(NC(=O)C(CC(=O)O)NC(=O)C(N)Cc1cnc[nH]1)C(=O)NC(CCC(=O)O)C(=O)O. The smallest absolute Gasteiger partial charge is 0.326 e. The zero-order valence-corrected chi connectivity index (χ0v) is 19.2. The molecule has 1 heterocycles. The molecule has 0 aliphatic heterocycles. The number of carbonyl (C=O) groups excluding carboxylic acids is 3. The maximum atomic E-state index is 12.8. The molecule has 9 N–H and O–H groups in total. The molecular weight excluding hydrogens is 468 g/mol. The van der Waals surface area contributed by atoms with Crippen LogP contribution in [0.5, 0.6) is 0 Å². The largest absolute Gasteiger partial charge is 0.481 e. The van der Waals surface area contributed by atoms with Crippen LogP contribution in [0.3, 0.4) is 0 Å². The van der Waals surface area contributed by atoms with Gasteiger partial charge < -0.3 is 42.0 Å². The number of hydrogen-bond acceptors (Lipinski definition) is 8. The first-order valence-corrected chi connectivity index (χ1v) is 10.6. The van der Waals surface area contributed by atoms with E-state index in [1.54, 1.807) is 13.8 Å². The number of aromatic nitrogens is 2. The second kappa shape index (κ2) is 13.6. The molecule has 0 aromatic carbocycles.